The Hall–Kier alpha value is -4.17. The third-order valence-corrected chi connectivity index (χ3v) is 8.06. The van der Waals surface area contributed by atoms with Gasteiger partial charge in [-0.25, -0.2) is 0 Å². The van der Waals surface area contributed by atoms with E-state index in [9.17, 15) is 19.5 Å². The second-order valence-electron chi connectivity index (χ2n) is 11.0. The first-order chi connectivity index (χ1) is 21.6. The van der Waals surface area contributed by atoms with Gasteiger partial charge in [0, 0.05) is 53.9 Å². The summed E-state index contributed by atoms with van der Waals surface area (Å²) in [6.45, 7) is 1.91. The molecule has 234 valence electrons. The molecule has 4 aromatic carbocycles. The fraction of sp³-hybridized carbons (Fsp3) is 0.250. The van der Waals surface area contributed by atoms with Gasteiger partial charge in [-0.05, 0) is 67.0 Å². The highest BCUT2D eigenvalue weighted by Gasteiger charge is 2.25. The van der Waals surface area contributed by atoms with Crippen LogP contribution in [0.25, 0.3) is 11.1 Å². The molecule has 0 fully saturated rings. The minimum Gasteiger partial charge on any atom is -0.481 e. The molecule has 0 saturated carbocycles. The van der Waals surface area contributed by atoms with Crippen molar-refractivity contribution >= 4 is 41.0 Å². The molecule has 0 atom stereocenters. The van der Waals surface area contributed by atoms with Crippen LogP contribution >= 0.6 is 23.2 Å². The van der Waals surface area contributed by atoms with E-state index in [0.29, 0.717) is 58.4 Å². The zero-order chi connectivity index (χ0) is 32.3. The maximum atomic E-state index is 14.2. The number of benzene rings is 4. The van der Waals surface area contributed by atoms with Gasteiger partial charge in [-0.3, -0.25) is 14.4 Å². The maximum Gasteiger partial charge on any atom is 0.305 e. The number of hydrogen-bond donors (Lipinski definition) is 1. The number of amides is 2. The van der Waals surface area contributed by atoms with E-state index < -0.39 is 5.97 Å². The molecule has 0 heterocycles. The zero-order valence-corrected chi connectivity index (χ0v) is 27.0. The Morgan fingerprint density at radius 3 is 1.82 bits per heavy atom. The molecular formula is C36H37Cl2N3O4. The topological polar surface area (TPSA) is 81.2 Å². The van der Waals surface area contributed by atoms with Gasteiger partial charge in [0.25, 0.3) is 11.8 Å². The zero-order valence-electron chi connectivity index (χ0n) is 25.5. The van der Waals surface area contributed by atoms with E-state index in [0.717, 1.165) is 11.1 Å². The van der Waals surface area contributed by atoms with Crippen LogP contribution < -0.4 is 0 Å². The monoisotopic (exact) mass is 645 g/mol. The predicted octanol–water partition coefficient (Wildman–Crippen LogP) is 7.02. The van der Waals surface area contributed by atoms with E-state index in [1.54, 1.807) is 36.4 Å². The molecule has 0 aliphatic rings. The van der Waals surface area contributed by atoms with Crippen LogP contribution in [0.4, 0.5) is 0 Å². The molecule has 0 saturated heterocycles. The van der Waals surface area contributed by atoms with E-state index in [1.807, 2.05) is 84.6 Å². The van der Waals surface area contributed by atoms with Crippen molar-refractivity contribution in [2.24, 2.45) is 0 Å². The molecule has 1 N–H and O–H groups in total. The van der Waals surface area contributed by atoms with E-state index >= 15 is 0 Å². The van der Waals surface area contributed by atoms with Crippen LogP contribution in [-0.4, -0.2) is 77.9 Å². The Labute approximate surface area is 274 Å². The summed E-state index contributed by atoms with van der Waals surface area (Å²) in [5.41, 5.74) is 3.92. The normalized spacial score (nSPS) is 11.0. The SMILES string of the molecule is CN(C)CCN(Cc1ccccc1)C(=O)c1ccccc1-c1ccccc1C(=O)N(CCC(=O)O)CCc1ccc(Cl)cc1Cl. The van der Waals surface area contributed by atoms with Gasteiger partial charge >= 0.3 is 5.97 Å². The summed E-state index contributed by atoms with van der Waals surface area (Å²) in [5.74, 6) is -1.47. The lowest BCUT2D eigenvalue weighted by Crippen LogP contribution is -2.36. The van der Waals surface area contributed by atoms with E-state index in [2.05, 4.69) is 0 Å². The van der Waals surface area contributed by atoms with Gasteiger partial charge in [0.15, 0.2) is 0 Å². The lowest BCUT2D eigenvalue weighted by atomic mass is 9.93. The quantitative estimate of drug-likeness (QED) is 0.159. The number of nitrogens with zero attached hydrogens (tertiary/aromatic N) is 3. The molecule has 0 radical (unpaired) electrons. The van der Waals surface area contributed by atoms with Gasteiger partial charge in [0.05, 0.1) is 6.42 Å². The number of rotatable bonds is 14. The lowest BCUT2D eigenvalue weighted by molar-refractivity contribution is -0.137. The summed E-state index contributed by atoms with van der Waals surface area (Å²) in [4.78, 5) is 45.2. The van der Waals surface area contributed by atoms with Crippen molar-refractivity contribution in [3.05, 3.63) is 129 Å². The molecule has 0 aliphatic heterocycles. The summed E-state index contributed by atoms with van der Waals surface area (Å²) in [6, 6.07) is 29.5. The van der Waals surface area contributed by atoms with Crippen molar-refractivity contribution in [3.8, 4) is 11.1 Å². The summed E-state index contributed by atoms with van der Waals surface area (Å²) in [5, 5.41) is 10.4. The number of carboxylic acid groups (broad SMARTS) is 1. The smallest absolute Gasteiger partial charge is 0.305 e. The Morgan fingerprint density at radius 2 is 1.24 bits per heavy atom. The summed E-state index contributed by atoms with van der Waals surface area (Å²) in [7, 11) is 3.94. The van der Waals surface area contributed by atoms with Gasteiger partial charge in [-0.1, -0.05) is 96.0 Å². The summed E-state index contributed by atoms with van der Waals surface area (Å²) < 4.78 is 0. The maximum absolute atomic E-state index is 14.2. The molecule has 0 aliphatic carbocycles. The highest BCUT2D eigenvalue weighted by Crippen LogP contribution is 2.30. The predicted molar refractivity (Wildman–Crippen MR) is 180 cm³/mol. The minimum absolute atomic E-state index is 0.0175. The first kappa shape index (κ1) is 33.7. The molecule has 9 heteroatoms. The van der Waals surface area contributed by atoms with Gasteiger partial charge in [-0.15, -0.1) is 0 Å². The van der Waals surface area contributed by atoms with Crippen LogP contribution in [0.2, 0.25) is 10.0 Å². The van der Waals surface area contributed by atoms with Crippen LogP contribution in [0.15, 0.2) is 97.1 Å². The third kappa shape index (κ3) is 9.41. The Kier molecular flexibility index (Phi) is 12.2. The van der Waals surface area contributed by atoms with Crippen molar-refractivity contribution in [2.45, 2.75) is 19.4 Å². The molecular weight excluding hydrogens is 609 g/mol. The molecule has 0 aromatic heterocycles. The Balaban J connectivity index is 1.68. The van der Waals surface area contributed by atoms with E-state index in [-0.39, 0.29) is 31.3 Å². The number of hydrogen-bond acceptors (Lipinski definition) is 4. The fourth-order valence-electron chi connectivity index (χ4n) is 5.05. The van der Waals surface area contributed by atoms with Gasteiger partial charge in [-0.2, -0.15) is 0 Å². The number of carboxylic acids is 1. The first-order valence-corrected chi connectivity index (χ1v) is 15.5. The second kappa shape index (κ2) is 16.2. The molecule has 0 bridgehead atoms. The largest absolute Gasteiger partial charge is 0.481 e. The van der Waals surface area contributed by atoms with Crippen molar-refractivity contribution in [3.63, 3.8) is 0 Å². The Bertz CT molecular complexity index is 1630. The molecule has 2 amide bonds. The van der Waals surface area contributed by atoms with Crippen molar-refractivity contribution < 1.29 is 19.5 Å². The van der Waals surface area contributed by atoms with Gasteiger partial charge < -0.3 is 19.8 Å². The first-order valence-electron chi connectivity index (χ1n) is 14.8. The molecule has 4 rings (SSSR count). The highest BCUT2D eigenvalue weighted by molar-refractivity contribution is 6.35. The third-order valence-electron chi connectivity index (χ3n) is 7.47. The average molecular weight is 647 g/mol. The van der Waals surface area contributed by atoms with E-state index in [1.165, 1.54) is 4.90 Å². The molecule has 0 unspecified atom stereocenters. The minimum atomic E-state index is -1.00. The van der Waals surface area contributed by atoms with Crippen molar-refractivity contribution in [1.82, 2.24) is 14.7 Å². The van der Waals surface area contributed by atoms with Gasteiger partial charge in [0.2, 0.25) is 0 Å². The standard InChI is InChI=1S/C36H37Cl2N3O4/c1-39(2)22-23-41(25-26-10-4-3-5-11-26)36(45)32-15-9-7-13-30(32)29-12-6-8-14-31(29)35(44)40(21-19-34(42)43)20-18-27-16-17-28(37)24-33(27)38/h3-17,24H,18-23,25H2,1-2H3,(H,42,43). The number of carbonyl (C=O) groups excluding carboxylic acids is 2. The van der Waals surface area contributed by atoms with Crippen molar-refractivity contribution in [1.29, 1.82) is 0 Å². The van der Waals surface area contributed by atoms with Crippen LogP contribution in [0.5, 0.6) is 0 Å². The van der Waals surface area contributed by atoms with Crippen LogP contribution in [0, 0.1) is 0 Å². The van der Waals surface area contributed by atoms with Crippen LogP contribution in [-0.2, 0) is 17.8 Å². The highest BCUT2D eigenvalue weighted by atomic mass is 35.5. The van der Waals surface area contributed by atoms with E-state index in [4.69, 9.17) is 23.2 Å². The van der Waals surface area contributed by atoms with Crippen LogP contribution in [0.1, 0.15) is 38.3 Å². The summed E-state index contributed by atoms with van der Waals surface area (Å²) >= 11 is 12.4. The number of aliphatic carboxylic acids is 1. The molecule has 0 spiro atoms. The second-order valence-corrected chi connectivity index (χ2v) is 11.9. The molecule has 45 heavy (non-hydrogen) atoms. The van der Waals surface area contributed by atoms with Gasteiger partial charge in [0.1, 0.15) is 0 Å². The van der Waals surface area contributed by atoms with Crippen molar-refractivity contribution in [2.75, 3.05) is 40.3 Å². The fourth-order valence-corrected chi connectivity index (χ4v) is 5.55. The summed E-state index contributed by atoms with van der Waals surface area (Å²) in [6.07, 6.45) is 0.205. The average Bonchev–Trinajstić information content (AvgIpc) is 3.03. The number of halogens is 2. The lowest BCUT2D eigenvalue weighted by Gasteiger charge is -2.27. The molecule has 4 aromatic rings. The molecule has 7 nitrogen and oxygen atoms in total. The number of carbonyl (C=O) groups is 3. The number of likely N-dealkylation sites (N-methyl/N-ethyl adjacent to an activating group) is 1. The van der Waals surface area contributed by atoms with Crippen LogP contribution in [0.3, 0.4) is 0 Å². The Morgan fingerprint density at radius 1 is 0.667 bits per heavy atom.